The van der Waals surface area contributed by atoms with Crippen molar-refractivity contribution in [2.75, 3.05) is 0 Å². The molecule has 86 valence electrons. The predicted octanol–water partition coefficient (Wildman–Crippen LogP) is 2.72. The van der Waals surface area contributed by atoms with Crippen LogP contribution in [0.5, 0.6) is 0 Å². The number of hydrogen-bond acceptors (Lipinski definition) is 2. The second kappa shape index (κ2) is 8.25. The normalized spacial score (nSPS) is 17.8. The van der Waals surface area contributed by atoms with Crippen LogP contribution >= 0.6 is 0 Å². The van der Waals surface area contributed by atoms with Crippen LogP contribution in [0.2, 0.25) is 0 Å². The lowest BCUT2D eigenvalue weighted by Crippen LogP contribution is -2.31. The maximum Gasteiger partial charge on any atom is 0.0593 e. The summed E-state index contributed by atoms with van der Waals surface area (Å²) in [7, 11) is 0. The van der Waals surface area contributed by atoms with Crippen molar-refractivity contribution < 1.29 is 10.2 Å². The van der Waals surface area contributed by atoms with E-state index in [4.69, 9.17) is 0 Å². The minimum absolute atomic E-state index is 0.0801. The van der Waals surface area contributed by atoms with Gasteiger partial charge in [0.1, 0.15) is 0 Å². The molecule has 0 bridgehead atoms. The SMILES string of the molecule is CCCCC(O)C(CCC)C(O)CC. The van der Waals surface area contributed by atoms with Crippen molar-refractivity contribution in [3.05, 3.63) is 0 Å². The van der Waals surface area contributed by atoms with E-state index in [9.17, 15) is 10.2 Å². The first-order chi connectivity index (χ1) is 6.67. The van der Waals surface area contributed by atoms with Crippen molar-refractivity contribution in [2.24, 2.45) is 5.92 Å². The summed E-state index contributed by atoms with van der Waals surface area (Å²) in [6, 6.07) is 0. The van der Waals surface area contributed by atoms with E-state index < -0.39 is 0 Å². The van der Waals surface area contributed by atoms with E-state index in [0.717, 1.165) is 38.5 Å². The fourth-order valence-electron chi connectivity index (χ4n) is 1.90. The Hall–Kier alpha value is -0.0800. The fraction of sp³-hybridized carbons (Fsp3) is 1.00. The molecule has 2 heteroatoms. The molecule has 0 aromatic rings. The molecule has 0 rings (SSSR count). The van der Waals surface area contributed by atoms with Crippen LogP contribution in [-0.4, -0.2) is 22.4 Å². The van der Waals surface area contributed by atoms with Gasteiger partial charge in [0.05, 0.1) is 12.2 Å². The topological polar surface area (TPSA) is 40.5 Å². The van der Waals surface area contributed by atoms with E-state index in [1.165, 1.54) is 0 Å². The van der Waals surface area contributed by atoms with Crippen molar-refractivity contribution in [2.45, 2.75) is 71.5 Å². The summed E-state index contributed by atoms with van der Waals surface area (Å²) in [6.07, 6.45) is 5.05. The Labute approximate surface area is 88.3 Å². The molecule has 0 aliphatic rings. The molecule has 0 heterocycles. The summed E-state index contributed by atoms with van der Waals surface area (Å²) in [5, 5.41) is 19.7. The Bertz CT molecular complexity index is 125. The van der Waals surface area contributed by atoms with E-state index in [-0.39, 0.29) is 18.1 Å². The van der Waals surface area contributed by atoms with Crippen LogP contribution in [0.15, 0.2) is 0 Å². The molecular weight excluding hydrogens is 176 g/mol. The van der Waals surface area contributed by atoms with Crippen LogP contribution in [0.3, 0.4) is 0 Å². The molecule has 0 fully saturated rings. The average molecular weight is 202 g/mol. The third-order valence-electron chi connectivity index (χ3n) is 2.88. The largest absolute Gasteiger partial charge is 0.393 e. The highest BCUT2D eigenvalue weighted by molar-refractivity contribution is 4.75. The van der Waals surface area contributed by atoms with Gasteiger partial charge in [0.15, 0.2) is 0 Å². The zero-order chi connectivity index (χ0) is 11.0. The molecule has 2 N–H and O–H groups in total. The van der Waals surface area contributed by atoms with Gasteiger partial charge in [-0.3, -0.25) is 0 Å². The van der Waals surface area contributed by atoms with Gasteiger partial charge >= 0.3 is 0 Å². The molecule has 0 saturated carbocycles. The first kappa shape index (κ1) is 13.9. The third-order valence-corrected chi connectivity index (χ3v) is 2.88. The molecule has 0 aromatic heterocycles. The van der Waals surface area contributed by atoms with E-state index in [0.29, 0.717) is 0 Å². The van der Waals surface area contributed by atoms with Gasteiger partial charge in [-0.15, -0.1) is 0 Å². The molecule has 3 atom stereocenters. The van der Waals surface area contributed by atoms with Gasteiger partial charge in [0, 0.05) is 5.92 Å². The highest BCUT2D eigenvalue weighted by Gasteiger charge is 2.24. The van der Waals surface area contributed by atoms with E-state index in [1.54, 1.807) is 0 Å². The van der Waals surface area contributed by atoms with Crippen molar-refractivity contribution in [3.8, 4) is 0 Å². The van der Waals surface area contributed by atoms with Gasteiger partial charge in [0.2, 0.25) is 0 Å². The monoisotopic (exact) mass is 202 g/mol. The summed E-state index contributed by atoms with van der Waals surface area (Å²) in [6.45, 7) is 6.19. The first-order valence-corrected chi connectivity index (χ1v) is 6.03. The second-order valence-corrected chi connectivity index (χ2v) is 4.14. The molecule has 0 spiro atoms. The Balaban J connectivity index is 4.03. The van der Waals surface area contributed by atoms with Crippen molar-refractivity contribution in [1.29, 1.82) is 0 Å². The van der Waals surface area contributed by atoms with Crippen LogP contribution in [-0.2, 0) is 0 Å². The molecule has 0 amide bonds. The average Bonchev–Trinajstić information content (AvgIpc) is 2.21. The zero-order valence-corrected chi connectivity index (χ0v) is 9.87. The Kier molecular flexibility index (Phi) is 8.20. The molecule has 0 aliphatic carbocycles. The summed E-state index contributed by atoms with van der Waals surface area (Å²) < 4.78 is 0. The Morgan fingerprint density at radius 2 is 1.50 bits per heavy atom. The summed E-state index contributed by atoms with van der Waals surface area (Å²) >= 11 is 0. The molecule has 0 aromatic carbocycles. The van der Waals surface area contributed by atoms with Crippen molar-refractivity contribution in [1.82, 2.24) is 0 Å². The lowest BCUT2D eigenvalue weighted by Gasteiger charge is -2.26. The van der Waals surface area contributed by atoms with Gasteiger partial charge in [-0.05, 0) is 19.3 Å². The van der Waals surface area contributed by atoms with Crippen molar-refractivity contribution >= 4 is 0 Å². The minimum Gasteiger partial charge on any atom is -0.393 e. The molecule has 14 heavy (non-hydrogen) atoms. The van der Waals surface area contributed by atoms with Gasteiger partial charge in [0.25, 0.3) is 0 Å². The Morgan fingerprint density at radius 3 is 1.93 bits per heavy atom. The van der Waals surface area contributed by atoms with Crippen LogP contribution < -0.4 is 0 Å². The molecule has 0 radical (unpaired) electrons. The highest BCUT2D eigenvalue weighted by atomic mass is 16.3. The standard InChI is InChI=1S/C12H26O2/c1-4-7-9-12(14)10(8-5-2)11(13)6-3/h10-14H,4-9H2,1-3H3. The van der Waals surface area contributed by atoms with Gasteiger partial charge < -0.3 is 10.2 Å². The third kappa shape index (κ3) is 4.97. The van der Waals surface area contributed by atoms with Crippen LogP contribution in [0.4, 0.5) is 0 Å². The maximum absolute atomic E-state index is 9.91. The molecule has 0 saturated heterocycles. The number of rotatable bonds is 8. The second-order valence-electron chi connectivity index (χ2n) is 4.14. The predicted molar refractivity (Wildman–Crippen MR) is 60.2 cm³/mol. The van der Waals surface area contributed by atoms with E-state index >= 15 is 0 Å². The van der Waals surface area contributed by atoms with Crippen LogP contribution in [0, 0.1) is 5.92 Å². The lowest BCUT2D eigenvalue weighted by molar-refractivity contribution is 0.00111. The number of aliphatic hydroxyl groups excluding tert-OH is 2. The number of hydrogen-bond donors (Lipinski definition) is 2. The maximum atomic E-state index is 9.91. The van der Waals surface area contributed by atoms with Gasteiger partial charge in [-0.1, -0.05) is 40.0 Å². The van der Waals surface area contributed by atoms with Crippen LogP contribution in [0.1, 0.15) is 59.3 Å². The van der Waals surface area contributed by atoms with E-state index in [1.807, 2.05) is 6.92 Å². The van der Waals surface area contributed by atoms with E-state index in [2.05, 4.69) is 13.8 Å². The first-order valence-electron chi connectivity index (χ1n) is 6.03. The molecule has 0 aliphatic heterocycles. The van der Waals surface area contributed by atoms with Gasteiger partial charge in [-0.25, -0.2) is 0 Å². The number of aliphatic hydroxyl groups is 2. The molecular formula is C12H26O2. The van der Waals surface area contributed by atoms with Gasteiger partial charge in [-0.2, -0.15) is 0 Å². The Morgan fingerprint density at radius 1 is 0.857 bits per heavy atom. The lowest BCUT2D eigenvalue weighted by atomic mass is 9.87. The highest BCUT2D eigenvalue weighted by Crippen LogP contribution is 2.21. The fourth-order valence-corrected chi connectivity index (χ4v) is 1.90. The summed E-state index contributed by atoms with van der Waals surface area (Å²) in [4.78, 5) is 0. The molecule has 2 nitrogen and oxygen atoms in total. The minimum atomic E-state index is -0.332. The molecule has 3 unspecified atom stereocenters. The van der Waals surface area contributed by atoms with Crippen molar-refractivity contribution in [3.63, 3.8) is 0 Å². The quantitative estimate of drug-likeness (QED) is 0.635. The zero-order valence-electron chi connectivity index (χ0n) is 9.87. The summed E-state index contributed by atoms with van der Waals surface area (Å²) in [5.41, 5.74) is 0. The summed E-state index contributed by atoms with van der Waals surface area (Å²) in [5.74, 6) is 0.0801. The number of unbranched alkanes of at least 4 members (excludes halogenated alkanes) is 1. The smallest absolute Gasteiger partial charge is 0.0593 e. The van der Waals surface area contributed by atoms with Crippen LogP contribution in [0.25, 0.3) is 0 Å².